The van der Waals surface area contributed by atoms with Gasteiger partial charge in [0, 0.05) is 10.0 Å². The minimum absolute atomic E-state index is 0.0551. The second kappa shape index (κ2) is 6.27. The molecule has 4 heteroatoms. The molecule has 106 valence electrons. The third kappa shape index (κ3) is 3.31. The fourth-order valence-corrected chi connectivity index (χ4v) is 2.44. The van der Waals surface area contributed by atoms with Crippen LogP contribution in [0.3, 0.4) is 0 Å². The summed E-state index contributed by atoms with van der Waals surface area (Å²) in [5.41, 5.74) is 2.63. The van der Waals surface area contributed by atoms with E-state index in [4.69, 9.17) is 4.74 Å². The van der Waals surface area contributed by atoms with Crippen molar-refractivity contribution >= 4 is 21.6 Å². The summed E-state index contributed by atoms with van der Waals surface area (Å²) in [5.74, 6) is 0.519. The number of aryl methyl sites for hydroxylation is 1. The van der Waals surface area contributed by atoms with Crippen molar-refractivity contribution in [3.8, 4) is 5.75 Å². The quantitative estimate of drug-likeness (QED) is 0.840. The molecular weight excluding hydrogens is 321 g/mol. The molecule has 0 bridgehead atoms. The van der Waals surface area contributed by atoms with E-state index in [0.29, 0.717) is 5.69 Å². The lowest BCUT2D eigenvalue weighted by atomic mass is 10.0. The molecule has 0 aromatic heterocycles. The Bertz CT molecular complexity index is 615. The Morgan fingerprint density at radius 1 is 1.20 bits per heavy atom. The van der Waals surface area contributed by atoms with Gasteiger partial charge in [0.1, 0.15) is 11.6 Å². The lowest BCUT2D eigenvalue weighted by molar-refractivity contribution is 0.407. The first kappa shape index (κ1) is 14.9. The second-order valence-corrected chi connectivity index (χ2v) is 5.65. The van der Waals surface area contributed by atoms with Gasteiger partial charge in [0.2, 0.25) is 0 Å². The van der Waals surface area contributed by atoms with Crippen LogP contribution in [-0.4, -0.2) is 7.11 Å². The van der Waals surface area contributed by atoms with Crippen molar-refractivity contribution in [1.29, 1.82) is 0 Å². The molecule has 0 amide bonds. The summed E-state index contributed by atoms with van der Waals surface area (Å²) in [7, 11) is 1.64. The molecule has 2 aromatic rings. The average Bonchev–Trinajstić information content (AvgIpc) is 2.41. The van der Waals surface area contributed by atoms with E-state index in [1.807, 2.05) is 38.1 Å². The first-order valence-electron chi connectivity index (χ1n) is 6.37. The maximum absolute atomic E-state index is 13.9. The number of hydrogen-bond donors (Lipinski definition) is 1. The molecule has 0 aliphatic rings. The Kier molecular flexibility index (Phi) is 4.65. The monoisotopic (exact) mass is 337 g/mol. The van der Waals surface area contributed by atoms with E-state index in [2.05, 4.69) is 21.2 Å². The van der Waals surface area contributed by atoms with Gasteiger partial charge in [-0.1, -0.05) is 33.6 Å². The van der Waals surface area contributed by atoms with Gasteiger partial charge < -0.3 is 10.1 Å². The van der Waals surface area contributed by atoms with E-state index in [9.17, 15) is 4.39 Å². The molecule has 0 spiro atoms. The normalized spacial score (nSPS) is 12.1. The van der Waals surface area contributed by atoms with Gasteiger partial charge in [0.05, 0.1) is 18.8 Å². The van der Waals surface area contributed by atoms with Crippen molar-refractivity contribution in [2.75, 3.05) is 12.4 Å². The van der Waals surface area contributed by atoms with Crippen LogP contribution in [-0.2, 0) is 0 Å². The zero-order chi connectivity index (χ0) is 14.7. The van der Waals surface area contributed by atoms with Gasteiger partial charge in [-0.05, 0) is 38.1 Å². The molecular formula is C16H17BrFNO. The van der Waals surface area contributed by atoms with Crippen LogP contribution in [0.5, 0.6) is 5.75 Å². The van der Waals surface area contributed by atoms with Crippen molar-refractivity contribution in [2.45, 2.75) is 19.9 Å². The fraction of sp³-hybridized carbons (Fsp3) is 0.250. The molecule has 0 saturated carbocycles. The Morgan fingerprint density at radius 3 is 2.60 bits per heavy atom. The average molecular weight is 338 g/mol. The molecule has 1 atom stereocenters. The van der Waals surface area contributed by atoms with Gasteiger partial charge in [0.25, 0.3) is 0 Å². The molecule has 0 heterocycles. The fourth-order valence-electron chi connectivity index (χ4n) is 2.11. The van der Waals surface area contributed by atoms with Gasteiger partial charge in [0.15, 0.2) is 0 Å². The molecule has 0 aliphatic carbocycles. The first-order valence-corrected chi connectivity index (χ1v) is 7.16. The zero-order valence-corrected chi connectivity index (χ0v) is 13.3. The molecule has 1 unspecified atom stereocenters. The summed E-state index contributed by atoms with van der Waals surface area (Å²) < 4.78 is 20.0. The predicted octanol–water partition coefficient (Wildman–Crippen LogP) is 5.08. The highest BCUT2D eigenvalue weighted by molar-refractivity contribution is 9.10. The topological polar surface area (TPSA) is 21.3 Å². The van der Waals surface area contributed by atoms with Crippen LogP contribution in [0.25, 0.3) is 0 Å². The minimum atomic E-state index is -0.280. The standard InChI is InChI=1S/C16H17BrFNO/c1-10-4-7-16(20-3)13(8-10)11(2)19-15-6-5-12(17)9-14(15)18/h4-9,11,19H,1-3H3. The Hall–Kier alpha value is -1.55. The summed E-state index contributed by atoms with van der Waals surface area (Å²) in [4.78, 5) is 0. The van der Waals surface area contributed by atoms with Crippen molar-refractivity contribution < 1.29 is 9.13 Å². The molecule has 2 rings (SSSR count). The highest BCUT2D eigenvalue weighted by Gasteiger charge is 2.13. The number of halogens is 2. The number of anilines is 1. The van der Waals surface area contributed by atoms with Gasteiger partial charge in [-0.2, -0.15) is 0 Å². The van der Waals surface area contributed by atoms with Gasteiger partial charge in [-0.25, -0.2) is 4.39 Å². The Balaban J connectivity index is 2.27. The largest absolute Gasteiger partial charge is 0.496 e. The van der Waals surface area contributed by atoms with Crippen molar-refractivity contribution in [1.82, 2.24) is 0 Å². The summed E-state index contributed by atoms with van der Waals surface area (Å²) in [6, 6.07) is 10.9. The van der Waals surface area contributed by atoms with Gasteiger partial charge in [-0.15, -0.1) is 0 Å². The molecule has 0 saturated heterocycles. The van der Waals surface area contributed by atoms with Crippen LogP contribution in [0.4, 0.5) is 10.1 Å². The third-order valence-corrected chi connectivity index (χ3v) is 3.65. The maximum atomic E-state index is 13.9. The van der Waals surface area contributed by atoms with E-state index < -0.39 is 0 Å². The minimum Gasteiger partial charge on any atom is -0.496 e. The highest BCUT2D eigenvalue weighted by Crippen LogP contribution is 2.30. The number of nitrogens with one attached hydrogen (secondary N) is 1. The van der Waals surface area contributed by atoms with Crippen LogP contribution in [0, 0.1) is 12.7 Å². The molecule has 0 aliphatic heterocycles. The van der Waals surface area contributed by atoms with E-state index in [0.717, 1.165) is 21.3 Å². The highest BCUT2D eigenvalue weighted by atomic mass is 79.9. The van der Waals surface area contributed by atoms with Gasteiger partial charge >= 0.3 is 0 Å². The summed E-state index contributed by atoms with van der Waals surface area (Å²) in [6.07, 6.45) is 0. The van der Waals surface area contributed by atoms with E-state index in [1.165, 1.54) is 6.07 Å². The van der Waals surface area contributed by atoms with Gasteiger partial charge in [-0.3, -0.25) is 0 Å². The van der Waals surface area contributed by atoms with E-state index >= 15 is 0 Å². The number of methoxy groups -OCH3 is 1. The predicted molar refractivity (Wildman–Crippen MR) is 83.9 cm³/mol. The molecule has 1 N–H and O–H groups in total. The molecule has 20 heavy (non-hydrogen) atoms. The number of benzene rings is 2. The van der Waals surface area contributed by atoms with Crippen LogP contribution >= 0.6 is 15.9 Å². The van der Waals surface area contributed by atoms with E-state index in [1.54, 1.807) is 13.2 Å². The molecule has 0 radical (unpaired) electrons. The van der Waals surface area contributed by atoms with Crippen LogP contribution < -0.4 is 10.1 Å². The van der Waals surface area contributed by atoms with Crippen LogP contribution in [0.1, 0.15) is 24.1 Å². The molecule has 2 aromatic carbocycles. The summed E-state index contributed by atoms with van der Waals surface area (Å²) >= 11 is 3.25. The molecule has 0 fully saturated rings. The first-order chi connectivity index (χ1) is 9.51. The van der Waals surface area contributed by atoms with Crippen molar-refractivity contribution in [2.24, 2.45) is 0 Å². The Morgan fingerprint density at radius 2 is 1.95 bits per heavy atom. The van der Waals surface area contributed by atoms with E-state index in [-0.39, 0.29) is 11.9 Å². The lowest BCUT2D eigenvalue weighted by Crippen LogP contribution is -2.09. The van der Waals surface area contributed by atoms with Crippen molar-refractivity contribution in [3.05, 3.63) is 57.8 Å². The molecule has 2 nitrogen and oxygen atoms in total. The SMILES string of the molecule is COc1ccc(C)cc1C(C)Nc1ccc(Br)cc1F. The number of ether oxygens (including phenoxy) is 1. The van der Waals surface area contributed by atoms with Crippen molar-refractivity contribution in [3.63, 3.8) is 0 Å². The van der Waals surface area contributed by atoms with Crippen LogP contribution in [0.15, 0.2) is 40.9 Å². The summed E-state index contributed by atoms with van der Waals surface area (Å²) in [5, 5.41) is 3.18. The lowest BCUT2D eigenvalue weighted by Gasteiger charge is -2.19. The number of rotatable bonds is 4. The maximum Gasteiger partial charge on any atom is 0.147 e. The number of hydrogen-bond acceptors (Lipinski definition) is 2. The Labute approximate surface area is 127 Å². The third-order valence-electron chi connectivity index (χ3n) is 3.15. The second-order valence-electron chi connectivity index (χ2n) is 4.74. The smallest absolute Gasteiger partial charge is 0.147 e. The summed E-state index contributed by atoms with van der Waals surface area (Å²) in [6.45, 7) is 4.01. The van der Waals surface area contributed by atoms with Crippen LogP contribution in [0.2, 0.25) is 0 Å². The zero-order valence-electron chi connectivity index (χ0n) is 11.7.